The lowest BCUT2D eigenvalue weighted by atomic mass is 10.2. The van der Waals surface area contributed by atoms with E-state index >= 15 is 0 Å². The number of rotatable bonds is 4. The van der Waals surface area contributed by atoms with Crippen molar-refractivity contribution >= 4 is 11.7 Å². The van der Waals surface area contributed by atoms with Crippen molar-refractivity contribution in [3.05, 3.63) is 23.9 Å². The molecule has 1 unspecified atom stereocenters. The zero-order valence-electron chi connectivity index (χ0n) is 12.6. The van der Waals surface area contributed by atoms with Crippen molar-refractivity contribution < 1.29 is 4.79 Å². The Hall–Kier alpha value is -1.62. The first-order valence-electron chi connectivity index (χ1n) is 7.33. The quantitative estimate of drug-likeness (QED) is 0.909. The van der Waals surface area contributed by atoms with Crippen molar-refractivity contribution in [2.75, 3.05) is 38.5 Å². The van der Waals surface area contributed by atoms with E-state index in [1.54, 1.807) is 6.07 Å². The van der Waals surface area contributed by atoms with Gasteiger partial charge in [-0.2, -0.15) is 0 Å². The van der Waals surface area contributed by atoms with Gasteiger partial charge in [-0.3, -0.25) is 9.69 Å². The number of piperazine rings is 1. The highest BCUT2D eigenvalue weighted by Crippen LogP contribution is 2.12. The molecule has 1 amide bonds. The van der Waals surface area contributed by atoms with Gasteiger partial charge in [-0.25, -0.2) is 4.98 Å². The van der Waals surface area contributed by atoms with E-state index in [0.29, 0.717) is 11.7 Å². The predicted octanol–water partition coefficient (Wildman–Crippen LogP) is 1.68. The lowest BCUT2D eigenvalue weighted by Gasteiger charge is -2.37. The maximum atomic E-state index is 12.4. The number of amides is 1. The van der Waals surface area contributed by atoms with Crippen LogP contribution in [0.5, 0.6) is 0 Å². The molecule has 1 N–H and O–H groups in total. The van der Waals surface area contributed by atoms with E-state index < -0.39 is 0 Å². The molecule has 20 heavy (non-hydrogen) atoms. The summed E-state index contributed by atoms with van der Waals surface area (Å²) in [6.45, 7) is 7.92. The molecule has 1 aromatic rings. The van der Waals surface area contributed by atoms with E-state index in [1.807, 2.05) is 24.1 Å². The van der Waals surface area contributed by atoms with Crippen LogP contribution in [-0.2, 0) is 0 Å². The van der Waals surface area contributed by atoms with E-state index in [9.17, 15) is 4.79 Å². The second kappa shape index (κ2) is 6.70. The van der Waals surface area contributed by atoms with Gasteiger partial charge < -0.3 is 10.2 Å². The van der Waals surface area contributed by atoms with Crippen LogP contribution in [0, 0.1) is 0 Å². The molecule has 0 aromatic carbocycles. The number of carbonyl (C=O) groups is 1. The Morgan fingerprint density at radius 1 is 1.35 bits per heavy atom. The Morgan fingerprint density at radius 3 is 2.65 bits per heavy atom. The van der Waals surface area contributed by atoms with Gasteiger partial charge in [-0.15, -0.1) is 0 Å². The molecule has 2 heterocycles. The maximum absolute atomic E-state index is 12.4. The van der Waals surface area contributed by atoms with Gasteiger partial charge in [0, 0.05) is 39.3 Å². The van der Waals surface area contributed by atoms with E-state index in [-0.39, 0.29) is 5.91 Å². The normalized spacial score (nSPS) is 17.9. The van der Waals surface area contributed by atoms with Crippen LogP contribution < -0.4 is 5.32 Å². The number of carbonyl (C=O) groups excluding carboxylic acids is 1. The Bertz CT molecular complexity index is 455. The summed E-state index contributed by atoms with van der Waals surface area (Å²) in [5.41, 5.74) is 0.522. The highest BCUT2D eigenvalue weighted by molar-refractivity contribution is 5.92. The van der Waals surface area contributed by atoms with Crippen LogP contribution in [0.25, 0.3) is 0 Å². The maximum Gasteiger partial charge on any atom is 0.272 e. The number of nitrogens with one attached hydrogen (secondary N) is 1. The van der Waals surface area contributed by atoms with Gasteiger partial charge in [0.2, 0.25) is 0 Å². The van der Waals surface area contributed by atoms with Gasteiger partial charge >= 0.3 is 0 Å². The smallest absolute Gasteiger partial charge is 0.272 e. The molecule has 1 aliphatic heterocycles. The fourth-order valence-corrected chi connectivity index (χ4v) is 2.48. The van der Waals surface area contributed by atoms with Gasteiger partial charge in [-0.05, 0) is 25.5 Å². The molecule has 2 rings (SSSR count). The van der Waals surface area contributed by atoms with Crippen molar-refractivity contribution in [1.82, 2.24) is 14.8 Å². The minimum Gasteiger partial charge on any atom is -0.373 e. The third-order valence-electron chi connectivity index (χ3n) is 4.04. The zero-order valence-corrected chi connectivity index (χ0v) is 12.6. The van der Waals surface area contributed by atoms with Crippen molar-refractivity contribution in [1.29, 1.82) is 0 Å². The molecule has 5 heteroatoms. The number of pyridine rings is 1. The fourth-order valence-electron chi connectivity index (χ4n) is 2.48. The van der Waals surface area contributed by atoms with Crippen LogP contribution in [-0.4, -0.2) is 60.0 Å². The standard InChI is InChI=1S/C15H24N4O/c1-4-12(2)18-8-10-19(11-9-18)15(20)13-6-5-7-14(16-3)17-13/h5-7,12H,4,8-11H2,1-3H3,(H,16,17). The molecule has 0 radical (unpaired) electrons. The molecule has 1 aliphatic rings. The molecule has 0 saturated carbocycles. The molecule has 0 spiro atoms. The van der Waals surface area contributed by atoms with Gasteiger partial charge in [0.25, 0.3) is 5.91 Å². The van der Waals surface area contributed by atoms with E-state index in [4.69, 9.17) is 0 Å². The Morgan fingerprint density at radius 2 is 2.05 bits per heavy atom. The zero-order chi connectivity index (χ0) is 14.5. The summed E-state index contributed by atoms with van der Waals surface area (Å²) in [4.78, 5) is 21.1. The minimum absolute atomic E-state index is 0.0332. The Balaban J connectivity index is 1.97. The molecule has 1 fully saturated rings. The summed E-state index contributed by atoms with van der Waals surface area (Å²) in [6, 6.07) is 6.10. The van der Waals surface area contributed by atoms with E-state index in [1.165, 1.54) is 0 Å². The Labute approximate surface area is 121 Å². The van der Waals surface area contributed by atoms with Crippen LogP contribution in [0.2, 0.25) is 0 Å². The summed E-state index contributed by atoms with van der Waals surface area (Å²) in [5.74, 6) is 0.764. The minimum atomic E-state index is 0.0332. The summed E-state index contributed by atoms with van der Waals surface area (Å²) in [7, 11) is 1.81. The topological polar surface area (TPSA) is 48.5 Å². The molecular formula is C15H24N4O. The highest BCUT2D eigenvalue weighted by Gasteiger charge is 2.24. The van der Waals surface area contributed by atoms with Gasteiger partial charge in [0.1, 0.15) is 11.5 Å². The highest BCUT2D eigenvalue weighted by atomic mass is 16.2. The number of aromatic nitrogens is 1. The first-order valence-corrected chi connectivity index (χ1v) is 7.33. The Kier molecular flexibility index (Phi) is 4.95. The number of anilines is 1. The van der Waals surface area contributed by atoms with Crippen molar-refractivity contribution in [2.45, 2.75) is 26.3 Å². The number of hydrogen-bond acceptors (Lipinski definition) is 4. The van der Waals surface area contributed by atoms with Crippen LogP contribution in [0.1, 0.15) is 30.8 Å². The van der Waals surface area contributed by atoms with Crippen LogP contribution >= 0.6 is 0 Å². The largest absolute Gasteiger partial charge is 0.373 e. The second-order valence-electron chi connectivity index (χ2n) is 5.24. The summed E-state index contributed by atoms with van der Waals surface area (Å²) < 4.78 is 0. The molecule has 1 saturated heterocycles. The SMILES string of the molecule is CCC(C)N1CCN(C(=O)c2cccc(NC)n2)CC1. The molecule has 1 aromatic heterocycles. The van der Waals surface area contributed by atoms with Crippen molar-refractivity contribution in [3.63, 3.8) is 0 Å². The molecular weight excluding hydrogens is 252 g/mol. The van der Waals surface area contributed by atoms with Gasteiger partial charge in [0.05, 0.1) is 0 Å². The first-order chi connectivity index (χ1) is 9.65. The second-order valence-corrected chi connectivity index (χ2v) is 5.24. The summed E-state index contributed by atoms with van der Waals surface area (Å²) >= 11 is 0. The predicted molar refractivity (Wildman–Crippen MR) is 81.0 cm³/mol. The first kappa shape index (κ1) is 14.8. The van der Waals surface area contributed by atoms with E-state index in [0.717, 1.165) is 38.4 Å². The molecule has 5 nitrogen and oxygen atoms in total. The van der Waals surface area contributed by atoms with Gasteiger partial charge in [0.15, 0.2) is 0 Å². The number of nitrogens with zero attached hydrogens (tertiary/aromatic N) is 3. The lowest BCUT2D eigenvalue weighted by Crippen LogP contribution is -2.51. The van der Waals surface area contributed by atoms with Gasteiger partial charge in [-0.1, -0.05) is 13.0 Å². The number of hydrogen-bond donors (Lipinski definition) is 1. The lowest BCUT2D eigenvalue weighted by molar-refractivity contribution is 0.0574. The average Bonchev–Trinajstić information content (AvgIpc) is 2.53. The molecule has 0 aliphatic carbocycles. The van der Waals surface area contributed by atoms with Crippen molar-refractivity contribution in [3.8, 4) is 0 Å². The monoisotopic (exact) mass is 276 g/mol. The van der Waals surface area contributed by atoms with E-state index in [2.05, 4.69) is 29.0 Å². The molecule has 110 valence electrons. The van der Waals surface area contributed by atoms with Crippen LogP contribution in [0.4, 0.5) is 5.82 Å². The fraction of sp³-hybridized carbons (Fsp3) is 0.600. The summed E-state index contributed by atoms with van der Waals surface area (Å²) in [5, 5.41) is 2.96. The molecule has 1 atom stereocenters. The van der Waals surface area contributed by atoms with Crippen LogP contribution in [0.15, 0.2) is 18.2 Å². The third kappa shape index (κ3) is 3.28. The molecule has 0 bridgehead atoms. The average molecular weight is 276 g/mol. The van der Waals surface area contributed by atoms with Crippen molar-refractivity contribution in [2.24, 2.45) is 0 Å². The van der Waals surface area contributed by atoms with Crippen LogP contribution in [0.3, 0.4) is 0 Å². The third-order valence-corrected chi connectivity index (χ3v) is 4.04. The summed E-state index contributed by atoms with van der Waals surface area (Å²) in [6.07, 6.45) is 1.15.